The number of carbonyl (C=O) groups is 1. The van der Waals surface area contributed by atoms with Crippen LogP contribution in [0.15, 0.2) is 9.90 Å². The Bertz CT molecular complexity index is 821. The summed E-state index contributed by atoms with van der Waals surface area (Å²) in [5, 5.41) is 6.19. The number of hydrogen-bond donors (Lipinski definition) is 0. The Morgan fingerprint density at radius 1 is 1.36 bits per heavy atom. The van der Waals surface area contributed by atoms with E-state index in [1.54, 1.807) is 11.3 Å². The Balaban J connectivity index is 1.46. The molecular formula is C22H31N3O2S. The number of aryl methyl sites for hydroxylation is 2. The Labute approximate surface area is 171 Å². The third-order valence-corrected chi connectivity index (χ3v) is 7.36. The molecule has 1 fully saturated rings. The third-order valence-electron chi connectivity index (χ3n) is 6.35. The molecule has 4 heterocycles. The first-order valence-corrected chi connectivity index (χ1v) is 11.5. The van der Waals surface area contributed by atoms with Crippen molar-refractivity contribution in [3.8, 4) is 0 Å². The number of hydrogen-bond acceptors (Lipinski definition) is 5. The van der Waals surface area contributed by atoms with Gasteiger partial charge in [0, 0.05) is 48.0 Å². The van der Waals surface area contributed by atoms with Crippen LogP contribution in [0.1, 0.15) is 76.8 Å². The van der Waals surface area contributed by atoms with Crippen molar-refractivity contribution < 1.29 is 9.32 Å². The number of thiophene rings is 1. The average molecular weight is 402 g/mol. The van der Waals surface area contributed by atoms with Crippen LogP contribution in [-0.4, -0.2) is 40.0 Å². The van der Waals surface area contributed by atoms with E-state index >= 15 is 0 Å². The molecule has 4 rings (SSSR count). The zero-order chi connectivity index (χ0) is 19.7. The van der Waals surface area contributed by atoms with Crippen molar-refractivity contribution in [3.05, 3.63) is 38.4 Å². The van der Waals surface area contributed by atoms with Crippen molar-refractivity contribution in [1.82, 2.24) is 15.0 Å². The van der Waals surface area contributed by atoms with Crippen LogP contribution in [0.4, 0.5) is 0 Å². The molecule has 152 valence electrons. The first kappa shape index (κ1) is 19.6. The van der Waals surface area contributed by atoms with Crippen molar-refractivity contribution in [2.45, 2.75) is 78.4 Å². The Morgan fingerprint density at radius 2 is 2.21 bits per heavy atom. The Morgan fingerprint density at radius 3 is 2.96 bits per heavy atom. The smallest absolute Gasteiger partial charge is 0.255 e. The summed E-state index contributed by atoms with van der Waals surface area (Å²) >= 11 is 1.75. The van der Waals surface area contributed by atoms with Crippen LogP contribution >= 0.6 is 11.3 Å². The lowest BCUT2D eigenvalue weighted by atomic mass is 10.0. The molecule has 0 aromatic carbocycles. The minimum Gasteiger partial charge on any atom is -0.361 e. The van der Waals surface area contributed by atoms with Crippen LogP contribution in [0, 0.1) is 13.8 Å². The predicted molar refractivity (Wildman–Crippen MR) is 112 cm³/mol. The van der Waals surface area contributed by atoms with Gasteiger partial charge in [-0.3, -0.25) is 9.69 Å². The minimum absolute atomic E-state index is 0.273. The van der Waals surface area contributed by atoms with E-state index in [1.807, 2.05) is 13.8 Å². The molecular weight excluding hydrogens is 370 g/mol. The zero-order valence-electron chi connectivity index (χ0n) is 17.3. The molecule has 5 nitrogen and oxygen atoms in total. The van der Waals surface area contributed by atoms with Gasteiger partial charge in [-0.25, -0.2) is 0 Å². The van der Waals surface area contributed by atoms with Crippen LogP contribution < -0.4 is 0 Å². The number of nitrogens with zero attached hydrogens (tertiary/aromatic N) is 3. The summed E-state index contributed by atoms with van der Waals surface area (Å²) in [7, 11) is 0. The molecule has 2 aromatic heterocycles. The average Bonchev–Trinajstić information content (AvgIpc) is 3.40. The summed E-state index contributed by atoms with van der Waals surface area (Å²) < 4.78 is 5.31. The van der Waals surface area contributed by atoms with Crippen molar-refractivity contribution in [2.24, 2.45) is 0 Å². The summed E-state index contributed by atoms with van der Waals surface area (Å²) in [6, 6.07) is 0.447. The van der Waals surface area contributed by atoms with Gasteiger partial charge in [0.15, 0.2) is 0 Å². The fourth-order valence-electron chi connectivity index (χ4n) is 4.64. The highest BCUT2D eigenvalue weighted by molar-refractivity contribution is 7.10. The lowest BCUT2D eigenvalue weighted by molar-refractivity contribution is 0.0727. The van der Waals surface area contributed by atoms with Crippen molar-refractivity contribution in [3.63, 3.8) is 0 Å². The van der Waals surface area contributed by atoms with Gasteiger partial charge < -0.3 is 9.42 Å². The maximum Gasteiger partial charge on any atom is 0.255 e. The van der Waals surface area contributed by atoms with Gasteiger partial charge in [-0.15, -0.1) is 11.3 Å². The molecule has 2 aromatic rings. The number of aromatic nitrogens is 1. The van der Waals surface area contributed by atoms with Crippen molar-refractivity contribution in [2.75, 3.05) is 13.1 Å². The van der Waals surface area contributed by atoms with Gasteiger partial charge in [-0.05, 0) is 45.1 Å². The van der Waals surface area contributed by atoms with Gasteiger partial charge in [0.05, 0.1) is 11.3 Å². The van der Waals surface area contributed by atoms with Crippen molar-refractivity contribution >= 4 is 17.2 Å². The number of unbranched alkanes of at least 4 members (excludes halogenated alkanes) is 1. The molecule has 1 atom stereocenters. The second kappa shape index (κ2) is 8.37. The van der Waals surface area contributed by atoms with Gasteiger partial charge >= 0.3 is 0 Å². The number of fused-ring (bicyclic) bond motifs is 1. The van der Waals surface area contributed by atoms with Gasteiger partial charge in [-0.1, -0.05) is 24.9 Å². The molecule has 0 bridgehead atoms. The Hall–Kier alpha value is -1.66. The maximum atomic E-state index is 13.3. The summed E-state index contributed by atoms with van der Waals surface area (Å²) in [4.78, 5) is 19.2. The molecule has 2 aliphatic rings. The van der Waals surface area contributed by atoms with Crippen molar-refractivity contribution in [1.29, 1.82) is 0 Å². The van der Waals surface area contributed by atoms with Gasteiger partial charge in [0.25, 0.3) is 5.91 Å². The van der Waals surface area contributed by atoms with E-state index in [9.17, 15) is 4.79 Å². The maximum absolute atomic E-state index is 13.3. The zero-order valence-corrected chi connectivity index (χ0v) is 18.1. The van der Waals surface area contributed by atoms with Crippen LogP contribution in [0.25, 0.3) is 0 Å². The quantitative estimate of drug-likeness (QED) is 0.704. The molecule has 1 amide bonds. The molecule has 0 unspecified atom stereocenters. The number of likely N-dealkylation sites (tertiary alicyclic amines) is 1. The van der Waals surface area contributed by atoms with Gasteiger partial charge in [0.2, 0.25) is 0 Å². The van der Waals surface area contributed by atoms with Crippen LogP contribution in [0.5, 0.6) is 0 Å². The summed E-state index contributed by atoms with van der Waals surface area (Å²) in [5.74, 6) is 1.19. The lowest BCUT2D eigenvalue weighted by Gasteiger charge is -2.28. The second-order valence-electron chi connectivity index (χ2n) is 8.25. The summed E-state index contributed by atoms with van der Waals surface area (Å²) in [6.07, 6.45) is 6.84. The highest BCUT2D eigenvalue weighted by Crippen LogP contribution is 2.33. The molecule has 6 heteroatoms. The topological polar surface area (TPSA) is 49.6 Å². The molecule has 1 saturated heterocycles. The van der Waals surface area contributed by atoms with Crippen LogP contribution in [0.3, 0.4) is 0 Å². The first-order valence-electron chi connectivity index (χ1n) is 10.6. The highest BCUT2D eigenvalue weighted by atomic mass is 32.1. The fourth-order valence-corrected chi connectivity index (χ4v) is 5.76. The van der Waals surface area contributed by atoms with E-state index < -0.39 is 0 Å². The highest BCUT2D eigenvalue weighted by Gasteiger charge is 2.32. The SMILES string of the molecule is CCCC[C@@H]1CCCN1C(=O)c1csc2c1CCN(Cc1c(C)noc1C)C2. The molecule has 0 N–H and O–H groups in total. The standard InChI is InChI=1S/C22H31N3O2S/c1-4-5-7-17-8-6-10-25(17)22(26)20-14-28-21-13-24(11-9-18(20)21)12-19-15(2)23-27-16(19)3/h14,17H,4-13H2,1-3H3/t17-/m1/s1. The molecule has 28 heavy (non-hydrogen) atoms. The third kappa shape index (κ3) is 3.77. The van der Waals surface area contributed by atoms with E-state index in [4.69, 9.17) is 4.52 Å². The van der Waals surface area contributed by atoms with Crippen LogP contribution in [0.2, 0.25) is 0 Å². The molecule has 0 spiro atoms. The Kier molecular flexibility index (Phi) is 5.88. The monoisotopic (exact) mass is 401 g/mol. The predicted octanol–water partition coefficient (Wildman–Crippen LogP) is 4.71. The van der Waals surface area contributed by atoms with Crippen LogP contribution in [-0.2, 0) is 19.5 Å². The summed E-state index contributed by atoms with van der Waals surface area (Å²) in [5.41, 5.74) is 4.45. The molecule has 0 radical (unpaired) electrons. The van der Waals surface area contributed by atoms with E-state index in [1.165, 1.54) is 35.3 Å². The van der Waals surface area contributed by atoms with Gasteiger partial charge in [-0.2, -0.15) is 0 Å². The number of rotatable bonds is 6. The van der Waals surface area contributed by atoms with Gasteiger partial charge in [0.1, 0.15) is 5.76 Å². The van der Waals surface area contributed by atoms with E-state index in [0.29, 0.717) is 6.04 Å². The van der Waals surface area contributed by atoms with E-state index in [-0.39, 0.29) is 5.91 Å². The first-order chi connectivity index (χ1) is 13.6. The normalized spacial score (nSPS) is 20.0. The largest absolute Gasteiger partial charge is 0.361 e. The lowest BCUT2D eigenvalue weighted by Crippen LogP contribution is -2.36. The van der Waals surface area contributed by atoms with E-state index in [2.05, 4.69) is 27.3 Å². The fraction of sp³-hybridized carbons (Fsp3) is 0.636. The second-order valence-corrected chi connectivity index (χ2v) is 9.22. The van der Waals surface area contributed by atoms with E-state index in [0.717, 1.165) is 62.5 Å². The minimum atomic E-state index is 0.273. The molecule has 0 aliphatic carbocycles. The number of carbonyl (C=O) groups excluding carboxylic acids is 1. The number of amides is 1. The molecule has 2 aliphatic heterocycles. The molecule has 0 saturated carbocycles. The summed E-state index contributed by atoms with van der Waals surface area (Å²) in [6.45, 7) is 9.91.